The quantitative estimate of drug-likeness (QED) is 0.856. The molecule has 1 aromatic carbocycles. The third-order valence-corrected chi connectivity index (χ3v) is 2.95. The topological polar surface area (TPSA) is 63.2 Å². The van der Waals surface area contributed by atoms with E-state index in [1.165, 1.54) is 0 Å². The van der Waals surface area contributed by atoms with Crippen molar-refractivity contribution >= 4 is 17.3 Å². The number of benzene rings is 1. The Bertz CT molecular complexity index is 597. The van der Waals surface area contributed by atoms with Crippen LogP contribution in [0, 0.1) is 0 Å². The molecular weight excluding hydrogens is 266 g/mol. The van der Waals surface area contributed by atoms with Crippen molar-refractivity contribution in [3.05, 3.63) is 48.2 Å². The molecule has 2 N–H and O–H groups in total. The van der Waals surface area contributed by atoms with Gasteiger partial charge in [0.15, 0.2) is 0 Å². The smallest absolute Gasteiger partial charge is 0.224 e. The third kappa shape index (κ3) is 4.49. The lowest BCUT2D eigenvalue weighted by Crippen LogP contribution is -2.09. The highest BCUT2D eigenvalue weighted by atomic mass is 16.5. The van der Waals surface area contributed by atoms with Gasteiger partial charge < -0.3 is 15.4 Å². The fourth-order valence-corrected chi connectivity index (χ4v) is 1.78. The van der Waals surface area contributed by atoms with E-state index in [0.29, 0.717) is 18.8 Å². The summed E-state index contributed by atoms with van der Waals surface area (Å²) in [5.74, 6) is 0.614. The van der Waals surface area contributed by atoms with Crippen LogP contribution in [-0.4, -0.2) is 18.0 Å². The number of methoxy groups -OCH3 is 1. The van der Waals surface area contributed by atoms with Crippen LogP contribution in [0.3, 0.4) is 0 Å². The Kier molecular flexibility index (Phi) is 5.15. The number of rotatable bonds is 6. The summed E-state index contributed by atoms with van der Waals surface area (Å²) >= 11 is 0. The highest BCUT2D eigenvalue weighted by Gasteiger charge is 2.00. The van der Waals surface area contributed by atoms with Crippen molar-refractivity contribution in [3.8, 4) is 5.88 Å². The molecule has 5 nitrogen and oxygen atoms in total. The monoisotopic (exact) mass is 285 g/mol. The highest BCUT2D eigenvalue weighted by molar-refractivity contribution is 5.90. The average molecular weight is 285 g/mol. The summed E-state index contributed by atoms with van der Waals surface area (Å²) < 4.78 is 5.09. The maximum atomic E-state index is 11.3. The van der Waals surface area contributed by atoms with Crippen LogP contribution in [-0.2, 0) is 11.3 Å². The minimum atomic E-state index is 0.0105. The summed E-state index contributed by atoms with van der Waals surface area (Å²) in [6.45, 7) is 2.43. The largest absolute Gasteiger partial charge is 0.481 e. The minimum Gasteiger partial charge on any atom is -0.481 e. The standard InChI is InChI=1S/C16H19N3O2/c1-3-15(20)18-13-9-7-12(8-10-13)17-11-14-5-4-6-16(19-14)21-2/h4-10,17H,3,11H2,1-2H3,(H,18,20). The van der Waals surface area contributed by atoms with Crippen LogP contribution >= 0.6 is 0 Å². The number of hydrogen-bond donors (Lipinski definition) is 2. The summed E-state index contributed by atoms with van der Waals surface area (Å²) in [6, 6.07) is 13.2. The number of carbonyl (C=O) groups is 1. The average Bonchev–Trinajstić information content (AvgIpc) is 2.54. The Morgan fingerprint density at radius 2 is 1.86 bits per heavy atom. The first-order chi connectivity index (χ1) is 10.2. The number of aromatic nitrogens is 1. The molecule has 21 heavy (non-hydrogen) atoms. The van der Waals surface area contributed by atoms with E-state index >= 15 is 0 Å². The molecule has 110 valence electrons. The Morgan fingerprint density at radius 1 is 1.14 bits per heavy atom. The summed E-state index contributed by atoms with van der Waals surface area (Å²) in [6.07, 6.45) is 0.474. The van der Waals surface area contributed by atoms with Crippen molar-refractivity contribution in [1.82, 2.24) is 4.98 Å². The number of carbonyl (C=O) groups excluding carboxylic acids is 1. The Hall–Kier alpha value is -2.56. The molecule has 2 aromatic rings. The maximum absolute atomic E-state index is 11.3. The van der Waals surface area contributed by atoms with Gasteiger partial charge >= 0.3 is 0 Å². The number of anilines is 2. The van der Waals surface area contributed by atoms with Gasteiger partial charge in [-0.1, -0.05) is 13.0 Å². The first-order valence-corrected chi connectivity index (χ1v) is 6.85. The zero-order chi connectivity index (χ0) is 15.1. The summed E-state index contributed by atoms with van der Waals surface area (Å²) in [4.78, 5) is 15.6. The SMILES string of the molecule is CCC(=O)Nc1ccc(NCc2cccc(OC)n2)cc1. The molecule has 0 spiro atoms. The van der Waals surface area contributed by atoms with Gasteiger partial charge in [0.25, 0.3) is 0 Å². The molecule has 0 aliphatic carbocycles. The minimum absolute atomic E-state index is 0.0105. The van der Waals surface area contributed by atoms with Gasteiger partial charge in [0, 0.05) is 23.9 Å². The van der Waals surface area contributed by atoms with Crippen LogP contribution in [0.25, 0.3) is 0 Å². The fraction of sp³-hybridized carbons (Fsp3) is 0.250. The number of amides is 1. The molecule has 0 saturated heterocycles. The van der Waals surface area contributed by atoms with E-state index in [0.717, 1.165) is 17.1 Å². The zero-order valence-corrected chi connectivity index (χ0v) is 12.2. The van der Waals surface area contributed by atoms with E-state index in [4.69, 9.17) is 4.74 Å². The number of nitrogens with zero attached hydrogens (tertiary/aromatic N) is 1. The van der Waals surface area contributed by atoms with Crippen LogP contribution in [0.15, 0.2) is 42.5 Å². The second kappa shape index (κ2) is 7.28. The lowest BCUT2D eigenvalue weighted by atomic mass is 10.2. The Balaban J connectivity index is 1.92. The van der Waals surface area contributed by atoms with E-state index in [1.54, 1.807) is 7.11 Å². The molecule has 1 amide bonds. The molecule has 5 heteroatoms. The van der Waals surface area contributed by atoms with Crippen molar-refractivity contribution < 1.29 is 9.53 Å². The maximum Gasteiger partial charge on any atom is 0.224 e. The van der Waals surface area contributed by atoms with Crippen molar-refractivity contribution in [2.45, 2.75) is 19.9 Å². The first-order valence-electron chi connectivity index (χ1n) is 6.85. The third-order valence-electron chi connectivity index (χ3n) is 2.95. The van der Waals surface area contributed by atoms with Crippen molar-refractivity contribution in [2.24, 2.45) is 0 Å². The van der Waals surface area contributed by atoms with E-state index < -0.39 is 0 Å². The number of hydrogen-bond acceptors (Lipinski definition) is 4. The molecule has 0 radical (unpaired) electrons. The lowest BCUT2D eigenvalue weighted by molar-refractivity contribution is -0.115. The molecule has 0 aliphatic rings. The van der Waals surface area contributed by atoms with Gasteiger partial charge in [-0.05, 0) is 30.3 Å². The van der Waals surface area contributed by atoms with Gasteiger partial charge in [0.05, 0.1) is 19.3 Å². The normalized spacial score (nSPS) is 10.0. The molecule has 0 atom stereocenters. The van der Waals surface area contributed by atoms with E-state index in [2.05, 4.69) is 15.6 Å². The van der Waals surface area contributed by atoms with Crippen molar-refractivity contribution in [2.75, 3.05) is 17.7 Å². The molecule has 2 rings (SSSR count). The number of nitrogens with one attached hydrogen (secondary N) is 2. The van der Waals surface area contributed by atoms with Crippen LogP contribution in [0.5, 0.6) is 5.88 Å². The van der Waals surface area contributed by atoms with E-state index in [-0.39, 0.29) is 5.91 Å². The van der Waals surface area contributed by atoms with Gasteiger partial charge in [-0.15, -0.1) is 0 Å². The first kappa shape index (κ1) is 14.8. The van der Waals surface area contributed by atoms with Crippen LogP contribution in [0.2, 0.25) is 0 Å². The summed E-state index contributed by atoms with van der Waals surface area (Å²) in [5.41, 5.74) is 2.67. The van der Waals surface area contributed by atoms with Crippen LogP contribution < -0.4 is 15.4 Å². The van der Waals surface area contributed by atoms with E-state index in [9.17, 15) is 4.79 Å². The summed E-state index contributed by atoms with van der Waals surface area (Å²) in [5, 5.41) is 6.09. The molecule has 1 aromatic heterocycles. The fourth-order valence-electron chi connectivity index (χ4n) is 1.78. The highest BCUT2D eigenvalue weighted by Crippen LogP contribution is 2.15. The predicted molar refractivity (Wildman–Crippen MR) is 83.5 cm³/mol. The molecule has 0 aliphatic heterocycles. The van der Waals surface area contributed by atoms with Crippen LogP contribution in [0.4, 0.5) is 11.4 Å². The van der Waals surface area contributed by atoms with Gasteiger partial charge in [-0.3, -0.25) is 4.79 Å². The van der Waals surface area contributed by atoms with Crippen molar-refractivity contribution in [3.63, 3.8) is 0 Å². The van der Waals surface area contributed by atoms with Gasteiger partial charge in [-0.2, -0.15) is 0 Å². The molecule has 0 unspecified atom stereocenters. The second-order valence-electron chi connectivity index (χ2n) is 4.50. The number of pyridine rings is 1. The molecule has 0 bridgehead atoms. The van der Waals surface area contributed by atoms with Gasteiger partial charge in [-0.25, -0.2) is 4.98 Å². The summed E-state index contributed by atoms with van der Waals surface area (Å²) in [7, 11) is 1.60. The number of ether oxygens (including phenoxy) is 1. The molecule has 0 saturated carbocycles. The zero-order valence-electron chi connectivity index (χ0n) is 12.2. The second-order valence-corrected chi connectivity index (χ2v) is 4.50. The predicted octanol–water partition coefficient (Wildman–Crippen LogP) is 3.05. The van der Waals surface area contributed by atoms with Gasteiger partial charge in [0.1, 0.15) is 0 Å². The Morgan fingerprint density at radius 3 is 2.52 bits per heavy atom. The molecular formula is C16H19N3O2. The van der Waals surface area contributed by atoms with Crippen molar-refractivity contribution in [1.29, 1.82) is 0 Å². The molecule has 0 fully saturated rings. The van der Waals surface area contributed by atoms with Crippen LogP contribution in [0.1, 0.15) is 19.0 Å². The lowest BCUT2D eigenvalue weighted by Gasteiger charge is -2.08. The Labute approximate surface area is 124 Å². The van der Waals surface area contributed by atoms with Gasteiger partial charge in [0.2, 0.25) is 11.8 Å². The van der Waals surface area contributed by atoms with E-state index in [1.807, 2.05) is 49.4 Å². The molecule has 1 heterocycles.